The first-order chi connectivity index (χ1) is 7.35. The topological polar surface area (TPSA) is 9.23 Å². The third kappa shape index (κ3) is 1.83. The van der Waals surface area contributed by atoms with Gasteiger partial charge in [0.25, 0.3) is 0 Å². The van der Waals surface area contributed by atoms with Crippen LogP contribution in [0, 0.1) is 24.2 Å². The molecule has 0 N–H and O–H groups in total. The fraction of sp³-hybridized carbons (Fsp3) is 0.286. The minimum absolute atomic E-state index is 0.779. The van der Waals surface area contributed by atoms with Crippen LogP contribution in [0.5, 0.6) is 5.75 Å². The molecule has 1 aliphatic heterocycles. The molecule has 0 saturated heterocycles. The van der Waals surface area contributed by atoms with Gasteiger partial charge in [0.15, 0.2) is 0 Å². The summed E-state index contributed by atoms with van der Waals surface area (Å²) in [6.45, 7) is 2.60. The van der Waals surface area contributed by atoms with Crippen molar-refractivity contribution in [3.63, 3.8) is 0 Å². The lowest BCUT2D eigenvalue weighted by molar-refractivity contribution is 0.287. The molecule has 15 heavy (non-hydrogen) atoms. The summed E-state index contributed by atoms with van der Waals surface area (Å²) in [5, 5.41) is 0. The highest BCUT2D eigenvalue weighted by Crippen LogP contribution is 2.29. The van der Waals surface area contributed by atoms with E-state index in [-0.39, 0.29) is 0 Å². The number of aryl methyl sites for hydroxylation is 1. The average molecular weight is 196 g/mol. The molecule has 0 aromatic heterocycles. The molecule has 0 atom stereocenters. The summed E-state index contributed by atoms with van der Waals surface area (Å²) in [5.41, 5.74) is 2.99. The van der Waals surface area contributed by atoms with E-state index in [2.05, 4.69) is 17.8 Å². The first-order valence-corrected chi connectivity index (χ1v) is 5.04. The summed E-state index contributed by atoms with van der Waals surface area (Å²) >= 11 is 0. The van der Waals surface area contributed by atoms with Crippen LogP contribution in [0.15, 0.2) is 12.1 Å². The van der Waals surface area contributed by atoms with Gasteiger partial charge in [0.2, 0.25) is 0 Å². The number of fused-ring (bicyclic) bond motifs is 1. The van der Waals surface area contributed by atoms with Crippen molar-refractivity contribution in [3.05, 3.63) is 28.8 Å². The molecule has 0 spiro atoms. The Balaban J connectivity index is 2.60. The minimum atomic E-state index is 0.779. The molecular formula is C14H12O. The summed E-state index contributed by atoms with van der Waals surface area (Å²) < 4.78 is 5.64. The van der Waals surface area contributed by atoms with Crippen molar-refractivity contribution in [1.29, 1.82) is 0 Å². The molecule has 0 bridgehead atoms. The number of rotatable bonds is 0. The number of hydrogen-bond acceptors (Lipinski definition) is 1. The molecule has 1 aromatic carbocycles. The van der Waals surface area contributed by atoms with E-state index in [0.717, 1.165) is 36.3 Å². The van der Waals surface area contributed by atoms with Crippen molar-refractivity contribution in [1.82, 2.24) is 0 Å². The van der Waals surface area contributed by atoms with Gasteiger partial charge in [0.05, 0.1) is 12.2 Å². The average Bonchev–Trinajstić information content (AvgIpc) is 2.29. The van der Waals surface area contributed by atoms with Gasteiger partial charge in [-0.2, -0.15) is 0 Å². The van der Waals surface area contributed by atoms with Crippen LogP contribution in [0.2, 0.25) is 0 Å². The standard InChI is InChI=1S/C14H12O/c1-3-6-12-9-11(4-2)10-13-7-5-8-15-14(12)13/h2,9-10H,5,7-8H2,1H3. The summed E-state index contributed by atoms with van der Waals surface area (Å²) in [7, 11) is 0. The van der Waals surface area contributed by atoms with Gasteiger partial charge in [-0.15, -0.1) is 12.3 Å². The highest BCUT2D eigenvalue weighted by Gasteiger charge is 2.14. The second kappa shape index (κ2) is 4.11. The molecule has 0 fully saturated rings. The molecule has 1 heterocycles. The largest absolute Gasteiger partial charge is 0.492 e. The molecule has 0 radical (unpaired) electrons. The van der Waals surface area contributed by atoms with E-state index in [1.54, 1.807) is 0 Å². The Hall–Kier alpha value is -1.86. The second-order valence-electron chi connectivity index (χ2n) is 3.48. The molecule has 2 rings (SSSR count). The van der Waals surface area contributed by atoms with Gasteiger partial charge in [0, 0.05) is 5.56 Å². The molecule has 1 aromatic rings. The monoisotopic (exact) mass is 196 g/mol. The lowest BCUT2D eigenvalue weighted by Crippen LogP contribution is -2.10. The van der Waals surface area contributed by atoms with Gasteiger partial charge >= 0.3 is 0 Å². The third-order valence-corrected chi connectivity index (χ3v) is 2.43. The molecule has 1 heteroatoms. The van der Waals surface area contributed by atoms with E-state index < -0.39 is 0 Å². The predicted molar refractivity (Wildman–Crippen MR) is 60.7 cm³/mol. The summed E-state index contributed by atoms with van der Waals surface area (Å²) in [6.07, 6.45) is 7.50. The Labute approximate surface area is 90.5 Å². The summed E-state index contributed by atoms with van der Waals surface area (Å²) in [5.74, 6) is 9.50. The van der Waals surface area contributed by atoms with Crippen LogP contribution in [-0.4, -0.2) is 6.61 Å². The Morgan fingerprint density at radius 1 is 1.40 bits per heavy atom. The van der Waals surface area contributed by atoms with Gasteiger partial charge < -0.3 is 4.74 Å². The smallest absolute Gasteiger partial charge is 0.138 e. The quantitative estimate of drug-likeness (QED) is 0.579. The molecule has 1 nitrogen and oxygen atoms in total. The van der Waals surface area contributed by atoms with Gasteiger partial charge in [-0.3, -0.25) is 0 Å². The van der Waals surface area contributed by atoms with Crippen molar-refractivity contribution in [3.8, 4) is 29.9 Å². The fourth-order valence-corrected chi connectivity index (χ4v) is 1.79. The molecular weight excluding hydrogens is 184 g/mol. The van der Waals surface area contributed by atoms with E-state index in [0.29, 0.717) is 0 Å². The van der Waals surface area contributed by atoms with E-state index in [4.69, 9.17) is 11.2 Å². The van der Waals surface area contributed by atoms with Crippen molar-refractivity contribution >= 4 is 0 Å². The Bertz CT molecular complexity index is 481. The van der Waals surface area contributed by atoms with Gasteiger partial charge in [-0.1, -0.05) is 11.8 Å². The first-order valence-electron chi connectivity index (χ1n) is 5.04. The maximum absolute atomic E-state index is 5.64. The summed E-state index contributed by atoms with van der Waals surface area (Å²) in [6, 6.07) is 3.94. The van der Waals surface area contributed by atoms with Gasteiger partial charge in [-0.25, -0.2) is 0 Å². The van der Waals surface area contributed by atoms with Crippen molar-refractivity contribution < 1.29 is 4.74 Å². The van der Waals surface area contributed by atoms with Crippen molar-refractivity contribution in [2.24, 2.45) is 0 Å². The van der Waals surface area contributed by atoms with Crippen LogP contribution in [-0.2, 0) is 6.42 Å². The Morgan fingerprint density at radius 3 is 3.00 bits per heavy atom. The van der Waals surface area contributed by atoms with E-state index >= 15 is 0 Å². The lowest BCUT2D eigenvalue weighted by Gasteiger charge is -2.18. The molecule has 0 saturated carbocycles. The van der Waals surface area contributed by atoms with Crippen LogP contribution < -0.4 is 4.74 Å². The minimum Gasteiger partial charge on any atom is -0.492 e. The zero-order valence-electron chi connectivity index (χ0n) is 8.76. The lowest BCUT2D eigenvalue weighted by atomic mass is 9.99. The van der Waals surface area contributed by atoms with E-state index in [1.807, 2.05) is 19.1 Å². The number of ether oxygens (including phenoxy) is 1. The highest BCUT2D eigenvalue weighted by molar-refractivity contribution is 5.56. The third-order valence-electron chi connectivity index (χ3n) is 2.43. The fourth-order valence-electron chi connectivity index (χ4n) is 1.79. The zero-order valence-corrected chi connectivity index (χ0v) is 8.76. The highest BCUT2D eigenvalue weighted by atomic mass is 16.5. The maximum atomic E-state index is 5.64. The number of terminal acetylenes is 1. The van der Waals surface area contributed by atoms with Gasteiger partial charge in [-0.05, 0) is 37.5 Å². The van der Waals surface area contributed by atoms with Gasteiger partial charge in [0.1, 0.15) is 5.75 Å². The molecule has 1 aliphatic rings. The normalized spacial score (nSPS) is 12.8. The molecule has 0 amide bonds. The van der Waals surface area contributed by atoms with Crippen LogP contribution in [0.3, 0.4) is 0 Å². The van der Waals surface area contributed by atoms with Crippen LogP contribution in [0.25, 0.3) is 0 Å². The Kier molecular flexibility index (Phi) is 2.66. The van der Waals surface area contributed by atoms with E-state index in [1.165, 1.54) is 5.56 Å². The number of hydrogen-bond donors (Lipinski definition) is 0. The first kappa shape index (κ1) is 9.69. The second-order valence-corrected chi connectivity index (χ2v) is 3.48. The zero-order chi connectivity index (χ0) is 10.7. The number of benzene rings is 1. The molecule has 74 valence electrons. The summed E-state index contributed by atoms with van der Waals surface area (Å²) in [4.78, 5) is 0. The Morgan fingerprint density at radius 2 is 2.27 bits per heavy atom. The van der Waals surface area contributed by atoms with Crippen LogP contribution >= 0.6 is 0 Å². The van der Waals surface area contributed by atoms with Crippen molar-refractivity contribution in [2.45, 2.75) is 19.8 Å². The maximum Gasteiger partial charge on any atom is 0.138 e. The predicted octanol–water partition coefficient (Wildman–Crippen LogP) is 2.36. The SMILES string of the molecule is C#Cc1cc(C#CC)c2c(c1)CCCO2. The molecule has 0 unspecified atom stereocenters. The van der Waals surface area contributed by atoms with Crippen LogP contribution in [0.4, 0.5) is 0 Å². The van der Waals surface area contributed by atoms with Crippen LogP contribution in [0.1, 0.15) is 30.0 Å². The molecule has 0 aliphatic carbocycles. The van der Waals surface area contributed by atoms with E-state index in [9.17, 15) is 0 Å². The van der Waals surface area contributed by atoms with Crippen molar-refractivity contribution in [2.75, 3.05) is 6.61 Å².